The van der Waals surface area contributed by atoms with E-state index in [1.807, 2.05) is 56.2 Å². The van der Waals surface area contributed by atoms with Gasteiger partial charge in [0.1, 0.15) is 5.82 Å². The van der Waals surface area contributed by atoms with Crippen molar-refractivity contribution >= 4 is 5.97 Å². The van der Waals surface area contributed by atoms with Gasteiger partial charge < -0.3 is 14.2 Å². The molecular formula is C23H30N6O2. The number of aromatic nitrogens is 4. The number of likely N-dealkylation sites (N-methyl/N-ethyl adjacent to an activating group) is 1. The molecule has 0 bridgehead atoms. The molecule has 4 heterocycles. The highest BCUT2D eigenvalue weighted by molar-refractivity contribution is 5.89. The van der Waals surface area contributed by atoms with Crippen molar-refractivity contribution in [1.82, 2.24) is 29.1 Å². The normalized spacial score (nSPS) is 14.1. The molecule has 3 aromatic rings. The fourth-order valence-electron chi connectivity index (χ4n) is 4.02. The van der Waals surface area contributed by atoms with Gasteiger partial charge in [-0.1, -0.05) is 6.07 Å². The molecule has 0 fully saturated rings. The Morgan fingerprint density at radius 2 is 2.10 bits per heavy atom. The number of rotatable bonds is 8. The molecule has 0 aliphatic carbocycles. The summed E-state index contributed by atoms with van der Waals surface area (Å²) in [6.45, 7) is 6.17. The van der Waals surface area contributed by atoms with Crippen LogP contribution in [0.25, 0.3) is 5.82 Å². The summed E-state index contributed by atoms with van der Waals surface area (Å²) in [7, 11) is 4.08. The summed E-state index contributed by atoms with van der Waals surface area (Å²) in [6.07, 6.45) is 4.70. The molecule has 0 saturated heterocycles. The Balaban J connectivity index is 1.57. The van der Waals surface area contributed by atoms with Crippen LogP contribution in [0.5, 0.6) is 0 Å². The van der Waals surface area contributed by atoms with Gasteiger partial charge in [0, 0.05) is 61.9 Å². The Kier molecular flexibility index (Phi) is 6.48. The molecule has 1 aliphatic rings. The first-order valence-electron chi connectivity index (χ1n) is 10.8. The van der Waals surface area contributed by atoms with Gasteiger partial charge in [-0.3, -0.25) is 9.58 Å². The SMILES string of the molecule is CCOC(=O)c1nn(CCN(C)C)c2c1CN(Cc1cccn1-c1ccccn1)CC2. The van der Waals surface area contributed by atoms with E-state index in [2.05, 4.69) is 30.5 Å². The van der Waals surface area contributed by atoms with E-state index in [4.69, 9.17) is 4.74 Å². The van der Waals surface area contributed by atoms with Crippen LogP contribution < -0.4 is 0 Å². The largest absolute Gasteiger partial charge is 0.461 e. The van der Waals surface area contributed by atoms with Crippen LogP contribution in [0.1, 0.15) is 34.4 Å². The van der Waals surface area contributed by atoms with Crippen LogP contribution in [0.2, 0.25) is 0 Å². The molecule has 0 amide bonds. The van der Waals surface area contributed by atoms with E-state index >= 15 is 0 Å². The van der Waals surface area contributed by atoms with Crippen molar-refractivity contribution < 1.29 is 9.53 Å². The number of ether oxygens (including phenoxy) is 1. The van der Waals surface area contributed by atoms with Crippen LogP contribution in [-0.4, -0.2) is 68.9 Å². The van der Waals surface area contributed by atoms with Gasteiger partial charge in [0.2, 0.25) is 0 Å². The third-order valence-electron chi connectivity index (χ3n) is 5.56. The summed E-state index contributed by atoms with van der Waals surface area (Å²) in [5, 5.41) is 4.65. The maximum Gasteiger partial charge on any atom is 0.359 e. The van der Waals surface area contributed by atoms with E-state index in [-0.39, 0.29) is 5.97 Å². The first-order chi connectivity index (χ1) is 15.1. The van der Waals surface area contributed by atoms with Crippen molar-refractivity contribution in [2.24, 2.45) is 0 Å². The second-order valence-corrected chi connectivity index (χ2v) is 8.04. The highest BCUT2D eigenvalue weighted by atomic mass is 16.5. The minimum absolute atomic E-state index is 0.332. The van der Waals surface area contributed by atoms with Crippen LogP contribution in [0.4, 0.5) is 0 Å². The monoisotopic (exact) mass is 422 g/mol. The molecule has 0 unspecified atom stereocenters. The Morgan fingerprint density at radius 3 is 2.84 bits per heavy atom. The lowest BCUT2D eigenvalue weighted by Gasteiger charge is -2.28. The molecule has 0 saturated carbocycles. The first kappa shape index (κ1) is 21.3. The molecule has 0 aromatic carbocycles. The fourth-order valence-corrected chi connectivity index (χ4v) is 4.02. The molecule has 1 aliphatic heterocycles. The minimum atomic E-state index is -0.332. The van der Waals surface area contributed by atoms with Crippen LogP contribution >= 0.6 is 0 Å². The smallest absolute Gasteiger partial charge is 0.359 e. The van der Waals surface area contributed by atoms with E-state index in [9.17, 15) is 4.79 Å². The highest BCUT2D eigenvalue weighted by Gasteiger charge is 2.29. The number of carbonyl (C=O) groups excluding carboxylic acids is 1. The van der Waals surface area contributed by atoms with Gasteiger partial charge in [-0.15, -0.1) is 0 Å². The quantitative estimate of drug-likeness (QED) is 0.519. The van der Waals surface area contributed by atoms with Crippen molar-refractivity contribution in [1.29, 1.82) is 0 Å². The highest BCUT2D eigenvalue weighted by Crippen LogP contribution is 2.25. The Labute approximate surface area is 183 Å². The first-order valence-corrected chi connectivity index (χ1v) is 10.8. The van der Waals surface area contributed by atoms with Crippen LogP contribution in [-0.2, 0) is 30.8 Å². The zero-order valence-electron chi connectivity index (χ0n) is 18.5. The molecule has 0 atom stereocenters. The fraction of sp³-hybridized carbons (Fsp3) is 0.435. The van der Waals surface area contributed by atoms with Gasteiger partial charge in [0.05, 0.1) is 13.2 Å². The van der Waals surface area contributed by atoms with Gasteiger partial charge in [-0.2, -0.15) is 5.10 Å². The Hall–Kier alpha value is -2.97. The van der Waals surface area contributed by atoms with Crippen LogP contribution in [0.15, 0.2) is 42.7 Å². The lowest BCUT2D eigenvalue weighted by Crippen LogP contribution is -2.32. The molecule has 0 N–H and O–H groups in total. The Morgan fingerprint density at radius 1 is 1.23 bits per heavy atom. The molecule has 8 nitrogen and oxygen atoms in total. The van der Waals surface area contributed by atoms with E-state index in [1.165, 1.54) is 5.69 Å². The number of hydrogen-bond donors (Lipinski definition) is 0. The Bertz CT molecular complexity index is 1020. The second-order valence-electron chi connectivity index (χ2n) is 8.04. The second kappa shape index (κ2) is 9.45. The van der Waals surface area contributed by atoms with E-state index in [0.717, 1.165) is 49.7 Å². The van der Waals surface area contributed by atoms with Gasteiger partial charge >= 0.3 is 5.97 Å². The number of carbonyl (C=O) groups is 1. The van der Waals surface area contributed by atoms with Crippen molar-refractivity contribution in [3.63, 3.8) is 0 Å². The molecule has 0 radical (unpaired) electrons. The summed E-state index contributed by atoms with van der Waals surface area (Å²) >= 11 is 0. The van der Waals surface area contributed by atoms with E-state index < -0.39 is 0 Å². The molecular weight excluding hydrogens is 392 g/mol. The van der Waals surface area contributed by atoms with Gasteiger partial charge in [0.15, 0.2) is 5.69 Å². The number of fused-ring (bicyclic) bond motifs is 1. The maximum atomic E-state index is 12.6. The van der Waals surface area contributed by atoms with Gasteiger partial charge in [0.25, 0.3) is 0 Å². The number of hydrogen-bond acceptors (Lipinski definition) is 6. The summed E-state index contributed by atoms with van der Waals surface area (Å²) < 4.78 is 9.40. The maximum absolute atomic E-state index is 12.6. The van der Waals surface area contributed by atoms with Gasteiger partial charge in [-0.05, 0) is 45.3 Å². The predicted octanol–water partition coefficient (Wildman–Crippen LogP) is 2.37. The number of esters is 1. The summed E-state index contributed by atoms with van der Waals surface area (Å²) in [5.74, 6) is 0.574. The van der Waals surface area contributed by atoms with Crippen molar-refractivity contribution in [3.05, 3.63) is 65.4 Å². The molecule has 4 rings (SSSR count). The van der Waals surface area contributed by atoms with Gasteiger partial charge in [-0.25, -0.2) is 9.78 Å². The summed E-state index contributed by atoms with van der Waals surface area (Å²) in [5.41, 5.74) is 3.78. The van der Waals surface area contributed by atoms with Crippen molar-refractivity contribution in [3.8, 4) is 5.82 Å². The van der Waals surface area contributed by atoms with Crippen molar-refractivity contribution in [2.45, 2.75) is 33.0 Å². The standard InChI is InChI=1S/C23H30N6O2/c1-4-31-23(30)22-19-17-27(13-10-20(19)29(25-22)15-14-26(2)3)16-18-8-7-12-28(18)21-9-5-6-11-24-21/h5-9,11-12H,4,10,13-17H2,1-3H3. The molecule has 31 heavy (non-hydrogen) atoms. The molecule has 164 valence electrons. The average molecular weight is 423 g/mol. The molecule has 3 aromatic heterocycles. The number of pyridine rings is 1. The summed E-state index contributed by atoms with van der Waals surface area (Å²) in [6, 6.07) is 10.1. The lowest BCUT2D eigenvalue weighted by molar-refractivity contribution is 0.0515. The van der Waals surface area contributed by atoms with Crippen LogP contribution in [0, 0.1) is 0 Å². The third-order valence-corrected chi connectivity index (χ3v) is 5.56. The minimum Gasteiger partial charge on any atom is -0.461 e. The molecule has 8 heteroatoms. The lowest BCUT2D eigenvalue weighted by atomic mass is 10.0. The zero-order valence-corrected chi connectivity index (χ0v) is 18.5. The van der Waals surface area contributed by atoms with E-state index in [1.54, 1.807) is 6.20 Å². The number of nitrogens with zero attached hydrogens (tertiary/aromatic N) is 6. The summed E-state index contributed by atoms with van der Waals surface area (Å²) in [4.78, 5) is 21.5. The van der Waals surface area contributed by atoms with Crippen LogP contribution in [0.3, 0.4) is 0 Å². The third kappa shape index (κ3) is 4.70. The predicted molar refractivity (Wildman–Crippen MR) is 118 cm³/mol. The molecule has 0 spiro atoms. The average Bonchev–Trinajstić information content (AvgIpc) is 3.37. The van der Waals surface area contributed by atoms with E-state index in [0.29, 0.717) is 18.8 Å². The van der Waals surface area contributed by atoms with Crippen molar-refractivity contribution in [2.75, 3.05) is 33.8 Å². The zero-order chi connectivity index (χ0) is 21.8. The topological polar surface area (TPSA) is 68.4 Å².